The molecule has 0 atom stereocenters. The van der Waals surface area contributed by atoms with Gasteiger partial charge in [-0.2, -0.15) is 0 Å². The molecular formula is C12H16N2O4S. The first-order valence-electron chi connectivity index (χ1n) is 6.12. The zero-order valence-corrected chi connectivity index (χ0v) is 11.4. The standard InChI is InChI=1S/C12H16N2O4S/c1-8-5-6-10(11(15)13-8)12(16)14-19(17,18)7-9-3-2-4-9/h5-6,9H,2-4,7H2,1H3,(H,13,15)(H,14,16). The molecule has 1 heterocycles. The molecule has 0 bridgehead atoms. The minimum Gasteiger partial charge on any atom is -0.326 e. The number of carbonyl (C=O) groups is 1. The van der Waals surface area contributed by atoms with Crippen molar-refractivity contribution in [2.75, 3.05) is 5.75 Å². The van der Waals surface area contributed by atoms with E-state index in [1.54, 1.807) is 13.0 Å². The molecular weight excluding hydrogens is 268 g/mol. The van der Waals surface area contributed by atoms with Crippen molar-refractivity contribution in [3.8, 4) is 0 Å². The Morgan fingerprint density at radius 1 is 1.42 bits per heavy atom. The van der Waals surface area contributed by atoms with E-state index in [2.05, 4.69) is 4.98 Å². The normalized spacial score (nSPS) is 15.8. The van der Waals surface area contributed by atoms with Crippen molar-refractivity contribution in [3.05, 3.63) is 33.7 Å². The first-order valence-corrected chi connectivity index (χ1v) is 7.77. The van der Waals surface area contributed by atoms with Gasteiger partial charge in [0.05, 0.1) is 5.75 Å². The quantitative estimate of drug-likeness (QED) is 0.843. The van der Waals surface area contributed by atoms with Gasteiger partial charge in [-0.15, -0.1) is 0 Å². The molecule has 1 saturated carbocycles. The van der Waals surface area contributed by atoms with Crippen molar-refractivity contribution >= 4 is 15.9 Å². The molecule has 6 nitrogen and oxygen atoms in total. The van der Waals surface area contributed by atoms with E-state index in [-0.39, 0.29) is 17.2 Å². The Bertz CT molecular complexity index is 644. The highest BCUT2D eigenvalue weighted by Gasteiger charge is 2.26. The molecule has 2 N–H and O–H groups in total. The van der Waals surface area contributed by atoms with Crippen LogP contribution in [0.3, 0.4) is 0 Å². The number of sulfonamides is 1. The predicted molar refractivity (Wildman–Crippen MR) is 70.4 cm³/mol. The van der Waals surface area contributed by atoms with Crippen LogP contribution in [-0.2, 0) is 10.0 Å². The Labute approximate surface area is 111 Å². The van der Waals surface area contributed by atoms with Crippen molar-refractivity contribution < 1.29 is 13.2 Å². The molecule has 7 heteroatoms. The Kier molecular flexibility index (Phi) is 3.75. The largest absolute Gasteiger partial charge is 0.326 e. The van der Waals surface area contributed by atoms with E-state index >= 15 is 0 Å². The molecule has 2 rings (SSSR count). The molecule has 0 saturated heterocycles. The lowest BCUT2D eigenvalue weighted by Gasteiger charge is -2.24. The number of carbonyl (C=O) groups excluding carboxylic acids is 1. The van der Waals surface area contributed by atoms with Crippen molar-refractivity contribution in [3.63, 3.8) is 0 Å². The minimum absolute atomic E-state index is 0.0531. The van der Waals surface area contributed by atoms with Gasteiger partial charge in [0, 0.05) is 5.69 Å². The monoisotopic (exact) mass is 284 g/mol. The molecule has 0 aliphatic heterocycles. The van der Waals surface area contributed by atoms with Crippen LogP contribution >= 0.6 is 0 Å². The number of H-pyrrole nitrogens is 1. The first kappa shape index (κ1) is 13.8. The molecule has 1 aliphatic carbocycles. The van der Waals surface area contributed by atoms with E-state index in [1.165, 1.54) is 6.07 Å². The van der Waals surface area contributed by atoms with Crippen LogP contribution in [0.2, 0.25) is 0 Å². The van der Waals surface area contributed by atoms with Crippen molar-refractivity contribution in [1.29, 1.82) is 0 Å². The molecule has 104 valence electrons. The highest BCUT2D eigenvalue weighted by atomic mass is 32.2. The summed E-state index contributed by atoms with van der Waals surface area (Å²) in [6, 6.07) is 2.87. The number of hydrogen-bond donors (Lipinski definition) is 2. The van der Waals surface area contributed by atoms with E-state index in [1.807, 2.05) is 4.72 Å². The van der Waals surface area contributed by atoms with Crippen molar-refractivity contribution in [2.24, 2.45) is 5.92 Å². The molecule has 1 aliphatic rings. The second-order valence-electron chi connectivity index (χ2n) is 4.89. The average molecular weight is 284 g/mol. The van der Waals surface area contributed by atoms with Crippen LogP contribution in [0.15, 0.2) is 16.9 Å². The minimum atomic E-state index is -3.67. The summed E-state index contributed by atoms with van der Waals surface area (Å²) >= 11 is 0. The lowest BCUT2D eigenvalue weighted by molar-refractivity contribution is 0.0979. The van der Waals surface area contributed by atoms with Crippen LogP contribution in [-0.4, -0.2) is 25.1 Å². The van der Waals surface area contributed by atoms with E-state index in [9.17, 15) is 18.0 Å². The number of aromatic amines is 1. The smallest absolute Gasteiger partial charge is 0.270 e. The van der Waals surface area contributed by atoms with E-state index < -0.39 is 21.5 Å². The van der Waals surface area contributed by atoms with Gasteiger partial charge >= 0.3 is 0 Å². The lowest BCUT2D eigenvalue weighted by Crippen LogP contribution is -2.38. The van der Waals surface area contributed by atoms with Gasteiger partial charge in [-0.3, -0.25) is 9.59 Å². The second kappa shape index (κ2) is 5.16. The predicted octanol–water partition coefficient (Wildman–Crippen LogP) is 0.543. The van der Waals surface area contributed by atoms with Gasteiger partial charge in [-0.1, -0.05) is 6.42 Å². The summed E-state index contributed by atoms with van der Waals surface area (Å²) in [6.07, 6.45) is 2.78. The third-order valence-electron chi connectivity index (χ3n) is 3.23. The van der Waals surface area contributed by atoms with Crippen LogP contribution < -0.4 is 10.3 Å². The molecule has 1 amide bonds. The van der Waals surface area contributed by atoms with Crippen LogP contribution in [0.25, 0.3) is 0 Å². The fourth-order valence-electron chi connectivity index (χ4n) is 1.96. The summed E-state index contributed by atoms with van der Waals surface area (Å²) < 4.78 is 25.4. The Hall–Kier alpha value is -1.63. The third-order valence-corrected chi connectivity index (χ3v) is 4.63. The summed E-state index contributed by atoms with van der Waals surface area (Å²) in [6.45, 7) is 1.68. The van der Waals surface area contributed by atoms with Gasteiger partial charge in [0.15, 0.2) is 0 Å². The number of amides is 1. The SMILES string of the molecule is Cc1ccc(C(=O)NS(=O)(=O)CC2CCC2)c(=O)[nH]1. The van der Waals surface area contributed by atoms with Gasteiger partial charge in [0.25, 0.3) is 11.5 Å². The van der Waals surface area contributed by atoms with Gasteiger partial charge in [-0.05, 0) is 37.8 Å². The summed E-state index contributed by atoms with van der Waals surface area (Å²) in [7, 11) is -3.67. The van der Waals surface area contributed by atoms with Crippen molar-refractivity contribution in [2.45, 2.75) is 26.2 Å². The van der Waals surface area contributed by atoms with Crippen LogP contribution in [0, 0.1) is 12.8 Å². The maximum Gasteiger partial charge on any atom is 0.270 e. The topological polar surface area (TPSA) is 96.1 Å². The van der Waals surface area contributed by atoms with Crippen LogP contribution in [0.4, 0.5) is 0 Å². The first-order chi connectivity index (χ1) is 8.87. The Balaban J connectivity index is 2.09. The maximum atomic E-state index is 11.8. The Morgan fingerprint density at radius 3 is 2.63 bits per heavy atom. The molecule has 0 aromatic carbocycles. The summed E-state index contributed by atoms with van der Waals surface area (Å²) in [4.78, 5) is 25.8. The average Bonchev–Trinajstić information content (AvgIpc) is 2.23. The molecule has 0 unspecified atom stereocenters. The van der Waals surface area contributed by atoms with Crippen LogP contribution in [0.5, 0.6) is 0 Å². The fourth-order valence-corrected chi connectivity index (χ4v) is 3.39. The highest BCUT2D eigenvalue weighted by Crippen LogP contribution is 2.27. The van der Waals surface area contributed by atoms with Gasteiger partial charge < -0.3 is 4.98 Å². The zero-order valence-electron chi connectivity index (χ0n) is 10.6. The second-order valence-corrected chi connectivity index (χ2v) is 6.66. The highest BCUT2D eigenvalue weighted by molar-refractivity contribution is 7.90. The molecule has 19 heavy (non-hydrogen) atoms. The van der Waals surface area contributed by atoms with Crippen LogP contribution in [0.1, 0.15) is 35.3 Å². The van der Waals surface area contributed by atoms with E-state index in [0.29, 0.717) is 5.69 Å². The van der Waals surface area contributed by atoms with Crippen molar-refractivity contribution in [1.82, 2.24) is 9.71 Å². The fraction of sp³-hybridized carbons (Fsp3) is 0.500. The number of rotatable bonds is 4. The molecule has 1 fully saturated rings. The summed E-state index contributed by atoms with van der Waals surface area (Å²) in [5.74, 6) is -0.801. The maximum absolute atomic E-state index is 11.8. The van der Waals surface area contributed by atoms with Gasteiger partial charge in [0.2, 0.25) is 10.0 Å². The van der Waals surface area contributed by atoms with E-state index in [4.69, 9.17) is 0 Å². The van der Waals surface area contributed by atoms with Gasteiger partial charge in [-0.25, -0.2) is 13.1 Å². The number of pyridine rings is 1. The molecule has 1 aromatic heterocycles. The zero-order chi connectivity index (χ0) is 14.0. The lowest BCUT2D eigenvalue weighted by atomic mass is 9.87. The molecule has 0 radical (unpaired) electrons. The molecule has 1 aromatic rings. The third kappa shape index (κ3) is 3.44. The number of aromatic nitrogens is 1. The Morgan fingerprint density at radius 2 is 2.11 bits per heavy atom. The van der Waals surface area contributed by atoms with E-state index in [0.717, 1.165) is 19.3 Å². The summed E-state index contributed by atoms with van der Waals surface area (Å²) in [5.41, 5.74) is -0.169. The number of nitrogens with one attached hydrogen (secondary N) is 2. The number of aryl methyl sites for hydroxylation is 1. The summed E-state index contributed by atoms with van der Waals surface area (Å²) in [5, 5.41) is 0. The number of hydrogen-bond acceptors (Lipinski definition) is 4. The molecule has 0 spiro atoms. The van der Waals surface area contributed by atoms with Gasteiger partial charge in [0.1, 0.15) is 5.56 Å².